The first-order valence-electron chi connectivity index (χ1n) is 6.30. The molecule has 1 aliphatic carbocycles. The molecule has 20 heavy (non-hydrogen) atoms. The van der Waals surface area contributed by atoms with Gasteiger partial charge in [-0.3, -0.25) is 4.79 Å². The SMILES string of the molecule is COc1cc(C(=O)NC2CCC(F)(F)CC2)cc(Cl)n1. The molecule has 110 valence electrons. The molecule has 0 spiro atoms. The summed E-state index contributed by atoms with van der Waals surface area (Å²) in [6, 6.07) is 2.63. The fourth-order valence-corrected chi connectivity index (χ4v) is 2.36. The average molecular weight is 305 g/mol. The number of pyridine rings is 1. The van der Waals surface area contributed by atoms with Crippen molar-refractivity contribution in [3.63, 3.8) is 0 Å². The van der Waals surface area contributed by atoms with Crippen LogP contribution in [0.2, 0.25) is 5.15 Å². The lowest BCUT2D eigenvalue weighted by atomic mass is 9.92. The van der Waals surface area contributed by atoms with Gasteiger partial charge in [-0.15, -0.1) is 0 Å². The van der Waals surface area contributed by atoms with E-state index in [2.05, 4.69) is 10.3 Å². The highest BCUT2D eigenvalue weighted by molar-refractivity contribution is 6.29. The molecule has 0 aromatic carbocycles. The van der Waals surface area contributed by atoms with Crippen molar-refractivity contribution in [2.24, 2.45) is 0 Å². The Morgan fingerprint density at radius 2 is 2.10 bits per heavy atom. The summed E-state index contributed by atoms with van der Waals surface area (Å²) in [7, 11) is 1.42. The van der Waals surface area contributed by atoms with Crippen LogP contribution in [0.5, 0.6) is 5.88 Å². The first kappa shape index (κ1) is 15.0. The Morgan fingerprint density at radius 1 is 1.45 bits per heavy atom. The molecule has 1 aromatic heterocycles. The minimum atomic E-state index is -2.61. The molecule has 4 nitrogen and oxygen atoms in total. The summed E-state index contributed by atoms with van der Waals surface area (Å²) in [4.78, 5) is 15.9. The number of nitrogens with zero attached hydrogens (tertiary/aromatic N) is 1. The predicted molar refractivity (Wildman–Crippen MR) is 70.5 cm³/mol. The summed E-state index contributed by atoms with van der Waals surface area (Å²) in [6.07, 6.45) is 0.153. The number of methoxy groups -OCH3 is 1. The first-order valence-corrected chi connectivity index (χ1v) is 6.68. The third-order valence-corrected chi connectivity index (χ3v) is 3.49. The number of nitrogens with one attached hydrogen (secondary N) is 1. The van der Waals surface area contributed by atoms with Crippen LogP contribution in [-0.4, -0.2) is 30.0 Å². The van der Waals surface area contributed by atoms with Crippen LogP contribution in [0, 0.1) is 0 Å². The van der Waals surface area contributed by atoms with Crippen molar-refractivity contribution in [1.82, 2.24) is 10.3 Å². The number of amides is 1. The number of halogens is 3. The molecule has 0 aliphatic heterocycles. The van der Waals surface area contributed by atoms with E-state index >= 15 is 0 Å². The van der Waals surface area contributed by atoms with Crippen molar-refractivity contribution >= 4 is 17.5 Å². The largest absolute Gasteiger partial charge is 0.481 e. The van der Waals surface area contributed by atoms with Crippen molar-refractivity contribution < 1.29 is 18.3 Å². The Morgan fingerprint density at radius 3 is 2.70 bits per heavy atom. The van der Waals surface area contributed by atoms with E-state index in [1.807, 2.05) is 0 Å². The summed E-state index contributed by atoms with van der Waals surface area (Å²) in [5.41, 5.74) is 0.305. The second-order valence-corrected chi connectivity index (χ2v) is 5.21. The van der Waals surface area contributed by atoms with Gasteiger partial charge in [0.1, 0.15) is 5.15 Å². The molecule has 1 N–H and O–H groups in total. The number of alkyl halides is 2. The quantitative estimate of drug-likeness (QED) is 0.873. The van der Waals surface area contributed by atoms with E-state index in [1.54, 1.807) is 0 Å². The van der Waals surface area contributed by atoms with Gasteiger partial charge in [-0.25, -0.2) is 13.8 Å². The van der Waals surface area contributed by atoms with Crippen molar-refractivity contribution in [3.05, 3.63) is 22.8 Å². The molecule has 0 atom stereocenters. The van der Waals surface area contributed by atoms with E-state index in [1.165, 1.54) is 19.2 Å². The highest BCUT2D eigenvalue weighted by Crippen LogP contribution is 2.33. The normalized spacial score (nSPS) is 18.6. The van der Waals surface area contributed by atoms with Crippen LogP contribution in [0.15, 0.2) is 12.1 Å². The first-order chi connectivity index (χ1) is 9.39. The minimum Gasteiger partial charge on any atom is -0.481 e. The maximum absolute atomic E-state index is 13.0. The van der Waals surface area contributed by atoms with Crippen LogP contribution in [0.25, 0.3) is 0 Å². The number of ether oxygens (including phenoxy) is 1. The van der Waals surface area contributed by atoms with Gasteiger partial charge < -0.3 is 10.1 Å². The standard InChI is InChI=1S/C13H15ClF2N2O2/c1-20-11-7-8(6-10(14)18-11)12(19)17-9-2-4-13(15,16)5-3-9/h6-7,9H,2-5H2,1H3,(H,17,19). The van der Waals surface area contributed by atoms with E-state index < -0.39 is 5.92 Å². The van der Waals surface area contributed by atoms with Crippen LogP contribution in [0.3, 0.4) is 0 Å². The minimum absolute atomic E-state index is 0.143. The maximum Gasteiger partial charge on any atom is 0.251 e. The number of carbonyl (C=O) groups is 1. The zero-order valence-electron chi connectivity index (χ0n) is 11.0. The maximum atomic E-state index is 13.0. The lowest BCUT2D eigenvalue weighted by Crippen LogP contribution is -2.40. The van der Waals surface area contributed by atoms with Crippen LogP contribution >= 0.6 is 11.6 Å². The molecule has 1 saturated carbocycles. The highest BCUT2D eigenvalue weighted by Gasteiger charge is 2.35. The van der Waals surface area contributed by atoms with E-state index in [0.717, 1.165) is 0 Å². The molecule has 0 bridgehead atoms. The number of hydrogen-bond donors (Lipinski definition) is 1. The van der Waals surface area contributed by atoms with Crippen LogP contribution in [-0.2, 0) is 0 Å². The van der Waals surface area contributed by atoms with Gasteiger partial charge in [0.05, 0.1) is 7.11 Å². The number of rotatable bonds is 3. The summed E-state index contributed by atoms with van der Waals surface area (Å²) in [5, 5.41) is 2.88. The van der Waals surface area contributed by atoms with Gasteiger partial charge in [-0.1, -0.05) is 11.6 Å². The van der Waals surface area contributed by atoms with Gasteiger partial charge in [0.2, 0.25) is 11.8 Å². The molecule has 0 saturated heterocycles. The molecule has 1 fully saturated rings. The van der Waals surface area contributed by atoms with Gasteiger partial charge in [0.15, 0.2) is 0 Å². The van der Waals surface area contributed by atoms with E-state index in [-0.39, 0.29) is 48.7 Å². The second kappa shape index (κ2) is 5.91. The number of carbonyl (C=O) groups excluding carboxylic acids is 1. The predicted octanol–water partition coefficient (Wildman–Crippen LogP) is 3.05. The summed E-state index contributed by atoms with van der Waals surface area (Å²) in [6.45, 7) is 0. The van der Waals surface area contributed by atoms with Crippen molar-refractivity contribution in [3.8, 4) is 5.88 Å². The van der Waals surface area contributed by atoms with Crippen LogP contribution in [0.4, 0.5) is 8.78 Å². The molecule has 1 amide bonds. The molecule has 1 heterocycles. The van der Waals surface area contributed by atoms with Gasteiger partial charge in [-0.05, 0) is 18.9 Å². The Bertz CT molecular complexity index is 501. The molecular formula is C13H15ClF2N2O2. The molecule has 2 rings (SSSR count). The summed E-state index contributed by atoms with van der Waals surface area (Å²) in [5.74, 6) is -2.73. The van der Waals surface area contributed by atoms with Crippen molar-refractivity contribution in [2.75, 3.05) is 7.11 Å². The molecule has 7 heteroatoms. The monoisotopic (exact) mass is 304 g/mol. The molecule has 1 aromatic rings. The Hall–Kier alpha value is -1.43. The lowest BCUT2D eigenvalue weighted by molar-refractivity contribution is -0.0399. The molecular weight excluding hydrogens is 290 g/mol. The van der Waals surface area contributed by atoms with E-state index in [0.29, 0.717) is 5.56 Å². The van der Waals surface area contributed by atoms with Gasteiger partial charge in [0.25, 0.3) is 5.91 Å². The fraction of sp³-hybridized carbons (Fsp3) is 0.538. The Balaban J connectivity index is 2.00. The Kier molecular flexibility index (Phi) is 4.42. The van der Waals surface area contributed by atoms with Crippen molar-refractivity contribution in [1.29, 1.82) is 0 Å². The molecule has 1 aliphatic rings. The van der Waals surface area contributed by atoms with Crippen LogP contribution < -0.4 is 10.1 Å². The third kappa shape index (κ3) is 3.79. The Labute approximate surface area is 120 Å². The zero-order chi connectivity index (χ0) is 14.8. The summed E-state index contributed by atoms with van der Waals surface area (Å²) >= 11 is 5.78. The number of hydrogen-bond acceptors (Lipinski definition) is 3. The van der Waals surface area contributed by atoms with Gasteiger partial charge in [-0.2, -0.15) is 0 Å². The third-order valence-electron chi connectivity index (χ3n) is 3.29. The fourth-order valence-electron chi connectivity index (χ4n) is 2.16. The number of aromatic nitrogens is 1. The van der Waals surface area contributed by atoms with Gasteiger partial charge >= 0.3 is 0 Å². The highest BCUT2D eigenvalue weighted by atomic mass is 35.5. The van der Waals surface area contributed by atoms with Gasteiger partial charge in [0, 0.05) is 30.5 Å². The van der Waals surface area contributed by atoms with E-state index in [4.69, 9.17) is 16.3 Å². The second-order valence-electron chi connectivity index (χ2n) is 4.82. The summed E-state index contributed by atoms with van der Waals surface area (Å²) < 4.78 is 31.0. The van der Waals surface area contributed by atoms with E-state index in [9.17, 15) is 13.6 Å². The molecule has 0 unspecified atom stereocenters. The van der Waals surface area contributed by atoms with Crippen molar-refractivity contribution in [2.45, 2.75) is 37.6 Å². The lowest BCUT2D eigenvalue weighted by Gasteiger charge is -2.28. The van der Waals surface area contributed by atoms with Crippen LogP contribution in [0.1, 0.15) is 36.0 Å². The average Bonchev–Trinajstić information content (AvgIpc) is 2.40. The zero-order valence-corrected chi connectivity index (χ0v) is 11.7. The molecule has 0 radical (unpaired) electrons. The topological polar surface area (TPSA) is 51.2 Å². The smallest absolute Gasteiger partial charge is 0.251 e.